The van der Waals surface area contributed by atoms with Crippen LogP contribution in [0.15, 0.2) is 12.1 Å². The SMILES string of the molecule is O=C(O)Cc1c(O)ccc(O)c1O. The van der Waals surface area contributed by atoms with Crippen LogP contribution in [0.4, 0.5) is 0 Å². The summed E-state index contributed by atoms with van der Waals surface area (Å²) in [6, 6.07) is 2.20. The van der Waals surface area contributed by atoms with Crippen molar-refractivity contribution in [3.05, 3.63) is 17.7 Å². The Labute approximate surface area is 73.5 Å². The fourth-order valence-electron chi connectivity index (χ4n) is 0.939. The van der Waals surface area contributed by atoms with Gasteiger partial charge in [-0.2, -0.15) is 0 Å². The van der Waals surface area contributed by atoms with Crippen LogP contribution in [0.25, 0.3) is 0 Å². The highest BCUT2D eigenvalue weighted by molar-refractivity contribution is 5.73. The average Bonchev–Trinajstić information content (AvgIpc) is 2.05. The first-order valence-electron chi connectivity index (χ1n) is 3.47. The summed E-state index contributed by atoms with van der Waals surface area (Å²) in [5, 5.41) is 35.7. The maximum absolute atomic E-state index is 10.3. The van der Waals surface area contributed by atoms with E-state index in [9.17, 15) is 4.79 Å². The molecular formula is C8H8O5. The van der Waals surface area contributed by atoms with Crippen LogP contribution in [-0.4, -0.2) is 26.4 Å². The van der Waals surface area contributed by atoms with E-state index in [-0.39, 0.29) is 11.3 Å². The molecule has 0 amide bonds. The largest absolute Gasteiger partial charge is 0.508 e. The minimum Gasteiger partial charge on any atom is -0.508 e. The van der Waals surface area contributed by atoms with Gasteiger partial charge in [-0.1, -0.05) is 0 Å². The Bertz CT molecular complexity index is 345. The lowest BCUT2D eigenvalue weighted by Gasteiger charge is -2.05. The topological polar surface area (TPSA) is 98.0 Å². The van der Waals surface area contributed by atoms with Gasteiger partial charge in [-0.3, -0.25) is 4.79 Å². The van der Waals surface area contributed by atoms with Crippen molar-refractivity contribution in [1.29, 1.82) is 0 Å². The summed E-state index contributed by atoms with van der Waals surface area (Å²) < 4.78 is 0. The molecule has 0 aliphatic heterocycles. The zero-order chi connectivity index (χ0) is 10.0. The first-order valence-corrected chi connectivity index (χ1v) is 3.47. The molecule has 5 nitrogen and oxygen atoms in total. The summed E-state index contributed by atoms with van der Waals surface area (Å²) >= 11 is 0. The zero-order valence-corrected chi connectivity index (χ0v) is 6.56. The van der Waals surface area contributed by atoms with Crippen molar-refractivity contribution in [2.75, 3.05) is 0 Å². The summed E-state index contributed by atoms with van der Waals surface area (Å²) in [4.78, 5) is 10.3. The van der Waals surface area contributed by atoms with Crippen LogP contribution in [0.2, 0.25) is 0 Å². The van der Waals surface area contributed by atoms with Crippen LogP contribution in [-0.2, 0) is 11.2 Å². The fraction of sp³-hybridized carbons (Fsp3) is 0.125. The third kappa shape index (κ3) is 1.81. The van der Waals surface area contributed by atoms with Gasteiger partial charge in [0.2, 0.25) is 0 Å². The number of phenols is 3. The van der Waals surface area contributed by atoms with Crippen molar-refractivity contribution >= 4 is 5.97 Å². The standard InChI is InChI=1S/C8H8O5/c9-5-1-2-6(10)8(13)4(5)3-7(11)12/h1-2,9-10,13H,3H2,(H,11,12). The van der Waals surface area contributed by atoms with Gasteiger partial charge < -0.3 is 20.4 Å². The average molecular weight is 184 g/mol. The summed E-state index contributed by atoms with van der Waals surface area (Å²) in [6.45, 7) is 0. The lowest BCUT2D eigenvalue weighted by atomic mass is 10.1. The molecule has 13 heavy (non-hydrogen) atoms. The van der Waals surface area contributed by atoms with E-state index in [0.717, 1.165) is 12.1 Å². The van der Waals surface area contributed by atoms with E-state index in [1.54, 1.807) is 0 Å². The number of carboxylic acid groups (broad SMARTS) is 1. The second-order valence-electron chi connectivity index (χ2n) is 2.50. The molecule has 1 aromatic rings. The molecule has 70 valence electrons. The minimum absolute atomic E-state index is 0.187. The van der Waals surface area contributed by atoms with Crippen molar-refractivity contribution in [1.82, 2.24) is 0 Å². The van der Waals surface area contributed by atoms with E-state index in [4.69, 9.17) is 20.4 Å². The molecule has 0 radical (unpaired) electrons. The number of rotatable bonds is 2. The van der Waals surface area contributed by atoms with Gasteiger partial charge in [0, 0.05) is 0 Å². The van der Waals surface area contributed by atoms with Crippen molar-refractivity contribution in [3.63, 3.8) is 0 Å². The number of aromatic hydroxyl groups is 3. The lowest BCUT2D eigenvalue weighted by molar-refractivity contribution is -0.136. The predicted molar refractivity (Wildman–Crippen MR) is 42.8 cm³/mol. The van der Waals surface area contributed by atoms with Gasteiger partial charge in [0.05, 0.1) is 12.0 Å². The Morgan fingerprint density at radius 3 is 2.23 bits per heavy atom. The molecule has 0 saturated heterocycles. The Morgan fingerprint density at radius 2 is 1.69 bits per heavy atom. The molecule has 1 aromatic carbocycles. The number of benzene rings is 1. The molecule has 0 heterocycles. The molecule has 1 rings (SSSR count). The maximum Gasteiger partial charge on any atom is 0.308 e. The predicted octanol–water partition coefficient (Wildman–Crippen LogP) is 0.430. The van der Waals surface area contributed by atoms with E-state index < -0.39 is 23.9 Å². The van der Waals surface area contributed by atoms with Gasteiger partial charge in [0.25, 0.3) is 0 Å². The van der Waals surface area contributed by atoms with Crippen LogP contribution in [0.1, 0.15) is 5.56 Å². The number of carbonyl (C=O) groups is 1. The van der Waals surface area contributed by atoms with E-state index in [0.29, 0.717) is 0 Å². The van der Waals surface area contributed by atoms with Crippen LogP contribution < -0.4 is 0 Å². The number of hydrogen-bond donors (Lipinski definition) is 4. The first-order chi connectivity index (χ1) is 6.02. The molecule has 0 aromatic heterocycles. The van der Waals surface area contributed by atoms with Gasteiger partial charge in [0.15, 0.2) is 11.5 Å². The van der Waals surface area contributed by atoms with E-state index in [1.807, 2.05) is 0 Å². The third-order valence-electron chi connectivity index (χ3n) is 1.56. The molecule has 0 bridgehead atoms. The molecule has 0 aliphatic rings. The highest BCUT2D eigenvalue weighted by atomic mass is 16.4. The Balaban J connectivity index is 3.17. The Hall–Kier alpha value is -1.91. The number of hydrogen-bond acceptors (Lipinski definition) is 4. The molecule has 4 N–H and O–H groups in total. The van der Waals surface area contributed by atoms with Gasteiger partial charge >= 0.3 is 5.97 Å². The van der Waals surface area contributed by atoms with Crippen LogP contribution in [0.5, 0.6) is 17.2 Å². The van der Waals surface area contributed by atoms with Crippen LogP contribution in [0, 0.1) is 0 Å². The monoisotopic (exact) mass is 184 g/mol. The van der Waals surface area contributed by atoms with E-state index in [1.165, 1.54) is 0 Å². The van der Waals surface area contributed by atoms with Gasteiger partial charge in [-0.15, -0.1) is 0 Å². The van der Waals surface area contributed by atoms with Crippen LogP contribution >= 0.6 is 0 Å². The number of carboxylic acids is 1. The Kier molecular flexibility index (Phi) is 2.27. The summed E-state index contributed by atoms with van der Waals surface area (Å²) in [6.07, 6.45) is -0.536. The minimum atomic E-state index is -1.20. The van der Waals surface area contributed by atoms with Crippen molar-refractivity contribution < 1.29 is 25.2 Å². The lowest BCUT2D eigenvalue weighted by Crippen LogP contribution is -2.00. The van der Waals surface area contributed by atoms with E-state index in [2.05, 4.69) is 0 Å². The quantitative estimate of drug-likeness (QED) is 0.394. The Morgan fingerprint density at radius 1 is 1.15 bits per heavy atom. The normalized spacial score (nSPS) is 9.85. The summed E-state index contributed by atoms with van der Waals surface area (Å²) in [7, 11) is 0. The molecule has 0 saturated carbocycles. The molecule has 0 fully saturated rings. The first kappa shape index (κ1) is 9.18. The number of phenolic OH excluding ortho intramolecular Hbond substituents is 3. The molecule has 0 atom stereocenters. The van der Waals surface area contributed by atoms with Crippen molar-refractivity contribution in [3.8, 4) is 17.2 Å². The van der Waals surface area contributed by atoms with Crippen LogP contribution in [0.3, 0.4) is 0 Å². The van der Waals surface area contributed by atoms with Gasteiger partial charge in [-0.25, -0.2) is 0 Å². The molecule has 5 heteroatoms. The maximum atomic E-state index is 10.3. The smallest absolute Gasteiger partial charge is 0.308 e. The van der Waals surface area contributed by atoms with E-state index >= 15 is 0 Å². The zero-order valence-electron chi connectivity index (χ0n) is 6.56. The van der Waals surface area contributed by atoms with Crippen molar-refractivity contribution in [2.45, 2.75) is 6.42 Å². The third-order valence-corrected chi connectivity index (χ3v) is 1.56. The molecule has 0 unspecified atom stereocenters. The fourth-order valence-corrected chi connectivity index (χ4v) is 0.939. The van der Waals surface area contributed by atoms with Gasteiger partial charge in [0.1, 0.15) is 5.75 Å². The molecular weight excluding hydrogens is 176 g/mol. The number of aliphatic carboxylic acids is 1. The summed E-state index contributed by atoms with van der Waals surface area (Å²) in [5.74, 6) is -2.59. The highest BCUT2D eigenvalue weighted by Crippen LogP contribution is 2.35. The second kappa shape index (κ2) is 3.22. The molecule has 0 aliphatic carbocycles. The second-order valence-corrected chi connectivity index (χ2v) is 2.50. The van der Waals surface area contributed by atoms with Crippen molar-refractivity contribution in [2.24, 2.45) is 0 Å². The molecule has 0 spiro atoms. The highest BCUT2D eigenvalue weighted by Gasteiger charge is 2.14. The summed E-state index contributed by atoms with van der Waals surface area (Å²) in [5.41, 5.74) is -0.187. The van der Waals surface area contributed by atoms with Gasteiger partial charge in [-0.05, 0) is 12.1 Å².